The number of benzene rings is 1. The Morgan fingerprint density at radius 2 is 2.19 bits per heavy atom. The molecule has 7 heteroatoms. The van der Waals surface area contributed by atoms with Gasteiger partial charge in [-0.3, -0.25) is 0 Å². The van der Waals surface area contributed by atoms with Crippen LogP contribution in [0.5, 0.6) is 0 Å². The normalized spacial score (nSPS) is 11.9. The molecule has 0 saturated carbocycles. The zero-order chi connectivity index (χ0) is 18.4. The fraction of sp³-hybridized carbons (Fsp3) is 0.368. The lowest BCUT2D eigenvalue weighted by molar-refractivity contribution is 0.629. The molecule has 0 radical (unpaired) electrons. The van der Waals surface area contributed by atoms with Gasteiger partial charge in [0.2, 0.25) is 0 Å². The number of nitrogens with one attached hydrogen (secondary N) is 3. The minimum absolute atomic E-state index is 0.212. The first-order valence-electron chi connectivity index (χ1n) is 8.90. The minimum Gasteiger partial charge on any atom is -0.361 e. The summed E-state index contributed by atoms with van der Waals surface area (Å²) in [5, 5.41) is 10.7. The number of aromatic amines is 1. The molecule has 138 valence electrons. The van der Waals surface area contributed by atoms with Crippen molar-refractivity contribution in [1.82, 2.24) is 20.6 Å². The summed E-state index contributed by atoms with van der Waals surface area (Å²) in [5.74, 6) is 0.556. The van der Waals surface area contributed by atoms with E-state index >= 15 is 0 Å². The molecule has 2 aromatic heterocycles. The molecule has 0 aliphatic rings. The van der Waals surface area contributed by atoms with Crippen molar-refractivity contribution < 1.29 is 4.39 Å². The van der Waals surface area contributed by atoms with Crippen molar-refractivity contribution in [3.05, 3.63) is 51.9 Å². The Kier molecular flexibility index (Phi) is 6.22. The number of hydrogen-bond donors (Lipinski definition) is 3. The maximum atomic E-state index is 13.5. The number of aliphatic imine (C=N–C) groups is 1. The van der Waals surface area contributed by atoms with E-state index in [1.165, 1.54) is 6.07 Å². The third-order valence-corrected chi connectivity index (χ3v) is 5.10. The van der Waals surface area contributed by atoms with E-state index in [-0.39, 0.29) is 5.82 Å². The molecule has 3 N–H and O–H groups in total. The first kappa shape index (κ1) is 18.4. The van der Waals surface area contributed by atoms with E-state index in [0.717, 1.165) is 52.5 Å². The Hall–Kier alpha value is -2.41. The average Bonchev–Trinajstić information content (AvgIpc) is 3.26. The van der Waals surface area contributed by atoms with Crippen LogP contribution in [0.4, 0.5) is 4.39 Å². The molecule has 0 amide bonds. The largest absolute Gasteiger partial charge is 0.361 e. The fourth-order valence-corrected chi connectivity index (χ4v) is 3.49. The smallest absolute Gasteiger partial charge is 0.191 e. The van der Waals surface area contributed by atoms with Crippen LogP contribution in [0, 0.1) is 5.82 Å². The number of halogens is 1. The van der Waals surface area contributed by atoms with Crippen LogP contribution in [-0.4, -0.2) is 29.0 Å². The maximum absolute atomic E-state index is 13.5. The highest BCUT2D eigenvalue weighted by Crippen LogP contribution is 2.19. The van der Waals surface area contributed by atoms with E-state index in [2.05, 4.69) is 37.9 Å². The van der Waals surface area contributed by atoms with Gasteiger partial charge in [-0.15, -0.1) is 11.3 Å². The van der Waals surface area contributed by atoms with Crippen LogP contribution in [0.1, 0.15) is 30.1 Å². The second-order valence-corrected chi connectivity index (χ2v) is 6.90. The Morgan fingerprint density at radius 3 is 2.96 bits per heavy atom. The molecule has 0 aliphatic carbocycles. The van der Waals surface area contributed by atoms with Crippen LogP contribution in [0.15, 0.2) is 34.8 Å². The average molecular weight is 374 g/mol. The van der Waals surface area contributed by atoms with Crippen molar-refractivity contribution in [2.45, 2.75) is 33.2 Å². The van der Waals surface area contributed by atoms with Gasteiger partial charge in [-0.05, 0) is 43.5 Å². The van der Waals surface area contributed by atoms with Crippen LogP contribution < -0.4 is 10.6 Å². The van der Waals surface area contributed by atoms with Gasteiger partial charge in [-0.1, -0.05) is 6.92 Å². The van der Waals surface area contributed by atoms with Gasteiger partial charge in [0.25, 0.3) is 0 Å². The topological polar surface area (TPSA) is 65.1 Å². The molecule has 0 bridgehead atoms. The molecule has 3 rings (SSSR count). The van der Waals surface area contributed by atoms with Crippen molar-refractivity contribution in [2.75, 3.05) is 13.1 Å². The molecule has 0 unspecified atom stereocenters. The zero-order valence-electron chi connectivity index (χ0n) is 15.1. The summed E-state index contributed by atoms with van der Waals surface area (Å²) in [7, 11) is 0. The molecular formula is C19H24FN5S. The first-order chi connectivity index (χ1) is 12.7. The number of rotatable bonds is 7. The molecule has 0 fully saturated rings. The van der Waals surface area contributed by atoms with Gasteiger partial charge in [0.15, 0.2) is 5.96 Å². The fourth-order valence-electron chi connectivity index (χ4n) is 2.76. The molecule has 26 heavy (non-hydrogen) atoms. The van der Waals surface area contributed by atoms with Crippen molar-refractivity contribution in [1.29, 1.82) is 0 Å². The van der Waals surface area contributed by atoms with E-state index in [0.29, 0.717) is 13.1 Å². The van der Waals surface area contributed by atoms with Gasteiger partial charge in [0.05, 0.1) is 17.2 Å². The SMILES string of the molecule is CCNC(=NCc1csc(CC)n1)NCCc1c[nH]c2ccc(F)cc12. The predicted octanol–water partition coefficient (Wildman–Crippen LogP) is 3.62. The lowest BCUT2D eigenvalue weighted by Gasteiger charge is -2.10. The number of guanidine groups is 1. The van der Waals surface area contributed by atoms with Crippen molar-refractivity contribution in [3.63, 3.8) is 0 Å². The summed E-state index contributed by atoms with van der Waals surface area (Å²) in [4.78, 5) is 12.3. The van der Waals surface area contributed by atoms with E-state index in [4.69, 9.17) is 0 Å². The second kappa shape index (κ2) is 8.80. The Morgan fingerprint density at radius 1 is 1.31 bits per heavy atom. The molecule has 0 aliphatic heterocycles. The van der Waals surface area contributed by atoms with Crippen molar-refractivity contribution in [3.8, 4) is 0 Å². The third-order valence-electron chi connectivity index (χ3n) is 4.06. The molecule has 0 spiro atoms. The lowest BCUT2D eigenvalue weighted by Crippen LogP contribution is -2.38. The Balaban J connectivity index is 1.59. The number of H-pyrrole nitrogens is 1. The first-order valence-corrected chi connectivity index (χ1v) is 9.78. The second-order valence-electron chi connectivity index (χ2n) is 5.96. The number of aryl methyl sites for hydroxylation is 1. The summed E-state index contributed by atoms with van der Waals surface area (Å²) in [6, 6.07) is 4.82. The molecule has 2 heterocycles. The van der Waals surface area contributed by atoms with Gasteiger partial charge in [-0.25, -0.2) is 14.4 Å². The van der Waals surface area contributed by atoms with Crippen LogP contribution in [-0.2, 0) is 19.4 Å². The van der Waals surface area contributed by atoms with Crippen LogP contribution in [0.2, 0.25) is 0 Å². The molecule has 0 atom stereocenters. The molecule has 3 aromatic rings. The molecule has 5 nitrogen and oxygen atoms in total. The summed E-state index contributed by atoms with van der Waals surface area (Å²) in [5.41, 5.74) is 3.04. The highest BCUT2D eigenvalue weighted by molar-refractivity contribution is 7.09. The quantitative estimate of drug-likeness (QED) is 0.438. The van der Waals surface area contributed by atoms with Gasteiger partial charge in [-0.2, -0.15) is 0 Å². The van der Waals surface area contributed by atoms with Crippen molar-refractivity contribution >= 4 is 28.2 Å². The Labute approximate surface area is 156 Å². The lowest BCUT2D eigenvalue weighted by atomic mass is 10.1. The standard InChI is InChI=1S/C19H24FN5S/c1-3-18-25-15(12-26-18)11-24-19(21-4-2)22-8-7-13-10-23-17-6-5-14(20)9-16(13)17/h5-6,9-10,12,23H,3-4,7-8,11H2,1-2H3,(H2,21,22,24). The van der Waals surface area contributed by atoms with Gasteiger partial charge in [0.1, 0.15) is 5.82 Å². The van der Waals surface area contributed by atoms with Crippen molar-refractivity contribution in [2.24, 2.45) is 4.99 Å². The maximum Gasteiger partial charge on any atom is 0.191 e. The van der Waals surface area contributed by atoms with E-state index in [1.807, 2.05) is 13.1 Å². The van der Waals surface area contributed by atoms with Gasteiger partial charge in [0, 0.05) is 35.6 Å². The van der Waals surface area contributed by atoms with E-state index < -0.39 is 0 Å². The minimum atomic E-state index is -0.212. The number of aromatic nitrogens is 2. The van der Waals surface area contributed by atoms with Crippen LogP contribution >= 0.6 is 11.3 Å². The third kappa shape index (κ3) is 4.60. The van der Waals surface area contributed by atoms with Crippen LogP contribution in [0.3, 0.4) is 0 Å². The van der Waals surface area contributed by atoms with Gasteiger partial charge >= 0.3 is 0 Å². The number of thiazole rings is 1. The molecular weight excluding hydrogens is 349 g/mol. The monoisotopic (exact) mass is 373 g/mol. The highest BCUT2D eigenvalue weighted by Gasteiger charge is 2.06. The highest BCUT2D eigenvalue weighted by atomic mass is 32.1. The summed E-state index contributed by atoms with van der Waals surface area (Å²) >= 11 is 1.68. The van der Waals surface area contributed by atoms with E-state index in [1.54, 1.807) is 23.5 Å². The molecule has 1 aromatic carbocycles. The van der Waals surface area contributed by atoms with E-state index in [9.17, 15) is 4.39 Å². The number of nitrogens with zero attached hydrogens (tertiary/aromatic N) is 2. The predicted molar refractivity (Wildman–Crippen MR) is 106 cm³/mol. The number of hydrogen-bond acceptors (Lipinski definition) is 3. The van der Waals surface area contributed by atoms with Gasteiger partial charge < -0.3 is 15.6 Å². The summed E-state index contributed by atoms with van der Waals surface area (Å²) in [6.45, 7) is 6.21. The number of fused-ring (bicyclic) bond motifs is 1. The Bertz CT molecular complexity index is 883. The summed E-state index contributed by atoms with van der Waals surface area (Å²) in [6.07, 6.45) is 3.68. The zero-order valence-corrected chi connectivity index (χ0v) is 15.9. The summed E-state index contributed by atoms with van der Waals surface area (Å²) < 4.78 is 13.5. The van der Waals surface area contributed by atoms with Crippen LogP contribution in [0.25, 0.3) is 10.9 Å². The molecule has 0 saturated heterocycles.